The van der Waals surface area contributed by atoms with Crippen LogP contribution in [0.3, 0.4) is 0 Å². The minimum absolute atomic E-state index is 0.0257. The third-order valence-electron chi connectivity index (χ3n) is 7.78. The molecule has 0 bridgehead atoms. The number of halogens is 6. The summed E-state index contributed by atoms with van der Waals surface area (Å²) in [5, 5.41) is 0. The Bertz CT molecular complexity index is 1330. The van der Waals surface area contributed by atoms with E-state index in [2.05, 4.69) is 0 Å². The van der Waals surface area contributed by atoms with Gasteiger partial charge in [-0.2, -0.15) is 26.3 Å². The molecule has 1 saturated carbocycles. The lowest BCUT2D eigenvalue weighted by atomic mass is 9.90. The molecular formula is C30H34F6N2O6. The van der Waals surface area contributed by atoms with Crippen molar-refractivity contribution in [2.75, 3.05) is 25.7 Å². The number of fused-ring (bicyclic) bond motifs is 1. The lowest BCUT2D eigenvalue weighted by Gasteiger charge is -2.42. The molecule has 1 heterocycles. The first-order chi connectivity index (χ1) is 20.7. The van der Waals surface area contributed by atoms with E-state index in [1.54, 1.807) is 26.0 Å². The molecule has 0 N–H and O–H groups in total. The van der Waals surface area contributed by atoms with E-state index in [1.165, 1.54) is 12.0 Å². The molecule has 2 aromatic carbocycles. The summed E-state index contributed by atoms with van der Waals surface area (Å²) in [6.07, 6.45) is -8.19. The highest BCUT2D eigenvalue weighted by atomic mass is 19.4. The summed E-state index contributed by atoms with van der Waals surface area (Å²) < 4.78 is 104. The first-order valence-electron chi connectivity index (χ1n) is 14.1. The molecule has 8 nitrogen and oxygen atoms in total. The minimum Gasteiger partial charge on any atom is -0.493 e. The van der Waals surface area contributed by atoms with Gasteiger partial charge in [0.15, 0.2) is 11.5 Å². The Morgan fingerprint density at radius 2 is 1.55 bits per heavy atom. The van der Waals surface area contributed by atoms with Gasteiger partial charge in [-0.3, -0.25) is 9.80 Å². The number of nitrogens with zero attached hydrogens (tertiary/aromatic N) is 2. The van der Waals surface area contributed by atoms with Crippen molar-refractivity contribution in [3.05, 3.63) is 52.6 Å². The second-order valence-electron chi connectivity index (χ2n) is 10.8. The molecule has 0 aromatic heterocycles. The smallest absolute Gasteiger partial charge is 0.416 e. The van der Waals surface area contributed by atoms with E-state index < -0.39 is 59.9 Å². The SMILES string of the molecule is CCOC(=O)N1c2cc(OC3CCCC3)c(OC)cc2[C@@H](N(Cc2cc(C(F)(F)F)cc(C(F)(F)F)c2)C(=O)OC)C[C@H]1C. The van der Waals surface area contributed by atoms with Crippen molar-refractivity contribution < 1.29 is 54.9 Å². The molecule has 2 amide bonds. The number of carbonyl (C=O) groups excluding carboxylic acids is 2. The van der Waals surface area contributed by atoms with Gasteiger partial charge in [0.05, 0.1) is 49.8 Å². The number of rotatable bonds is 7. The fraction of sp³-hybridized carbons (Fsp3) is 0.533. The molecule has 14 heteroatoms. The number of anilines is 1. The Balaban J connectivity index is 1.85. The summed E-state index contributed by atoms with van der Waals surface area (Å²) in [6, 6.07) is 2.76. The van der Waals surface area contributed by atoms with Crippen LogP contribution in [0.15, 0.2) is 30.3 Å². The van der Waals surface area contributed by atoms with Gasteiger partial charge in [-0.05, 0) is 75.8 Å². The van der Waals surface area contributed by atoms with Crippen LogP contribution in [0.2, 0.25) is 0 Å². The maximum atomic E-state index is 13.6. The van der Waals surface area contributed by atoms with Crippen molar-refractivity contribution in [2.24, 2.45) is 0 Å². The molecule has 1 fully saturated rings. The van der Waals surface area contributed by atoms with E-state index in [-0.39, 0.29) is 30.9 Å². The second kappa shape index (κ2) is 13.0. The maximum Gasteiger partial charge on any atom is 0.416 e. The molecule has 0 spiro atoms. The Hall–Kier alpha value is -3.84. The number of hydrogen-bond donors (Lipinski definition) is 0. The Kier molecular flexibility index (Phi) is 9.79. The van der Waals surface area contributed by atoms with Crippen LogP contribution in [-0.2, 0) is 28.4 Å². The van der Waals surface area contributed by atoms with Crippen LogP contribution < -0.4 is 14.4 Å². The number of carbonyl (C=O) groups is 2. The molecule has 2 aromatic rings. The molecule has 4 rings (SSSR count). The van der Waals surface area contributed by atoms with Crippen molar-refractivity contribution in [1.29, 1.82) is 0 Å². The third-order valence-corrected chi connectivity index (χ3v) is 7.78. The van der Waals surface area contributed by atoms with Gasteiger partial charge in [0.25, 0.3) is 0 Å². The monoisotopic (exact) mass is 632 g/mol. The van der Waals surface area contributed by atoms with Crippen LogP contribution in [-0.4, -0.2) is 50.1 Å². The van der Waals surface area contributed by atoms with Gasteiger partial charge in [-0.15, -0.1) is 0 Å². The average molecular weight is 633 g/mol. The van der Waals surface area contributed by atoms with Gasteiger partial charge in [0, 0.05) is 24.2 Å². The van der Waals surface area contributed by atoms with Gasteiger partial charge < -0.3 is 18.9 Å². The van der Waals surface area contributed by atoms with Crippen LogP contribution in [0.25, 0.3) is 0 Å². The summed E-state index contributed by atoms with van der Waals surface area (Å²) in [5.41, 5.74) is -2.77. The Morgan fingerprint density at radius 3 is 2.07 bits per heavy atom. The fourth-order valence-electron chi connectivity index (χ4n) is 5.76. The van der Waals surface area contributed by atoms with E-state index >= 15 is 0 Å². The standard InChI is InChI=1S/C30H34F6N2O6/c1-5-43-28(40)38-17(2)10-23(22-14-25(41-3)26(15-24(22)38)44-21-8-6-7-9-21)37(27(39)42-4)16-18-11-19(29(31,32)33)13-20(12-18)30(34,35)36/h11-15,17,21,23H,5-10,16H2,1-4H3/t17-,23+/m1/s1. The van der Waals surface area contributed by atoms with Crippen LogP contribution in [0.1, 0.15) is 74.2 Å². The van der Waals surface area contributed by atoms with Crippen LogP contribution in [0.5, 0.6) is 11.5 Å². The molecule has 1 aliphatic carbocycles. The Morgan fingerprint density at radius 1 is 0.932 bits per heavy atom. The number of benzene rings is 2. The quantitative estimate of drug-likeness (QED) is 0.287. The van der Waals surface area contributed by atoms with E-state index in [0.29, 0.717) is 29.1 Å². The lowest BCUT2D eigenvalue weighted by molar-refractivity contribution is -0.143. The van der Waals surface area contributed by atoms with E-state index in [0.717, 1.165) is 37.7 Å². The van der Waals surface area contributed by atoms with Gasteiger partial charge >= 0.3 is 24.5 Å². The van der Waals surface area contributed by atoms with Crippen molar-refractivity contribution in [1.82, 2.24) is 4.90 Å². The molecule has 2 aliphatic rings. The predicted octanol–water partition coefficient (Wildman–Crippen LogP) is 8.12. The van der Waals surface area contributed by atoms with Gasteiger partial charge in [0.1, 0.15) is 0 Å². The molecular weight excluding hydrogens is 598 g/mol. The van der Waals surface area contributed by atoms with E-state index in [4.69, 9.17) is 18.9 Å². The van der Waals surface area contributed by atoms with Crippen LogP contribution in [0, 0.1) is 0 Å². The van der Waals surface area contributed by atoms with Gasteiger partial charge in [0.2, 0.25) is 0 Å². The first-order valence-corrected chi connectivity index (χ1v) is 14.1. The zero-order valence-corrected chi connectivity index (χ0v) is 24.7. The van der Waals surface area contributed by atoms with Gasteiger partial charge in [-0.1, -0.05) is 0 Å². The normalized spacial score (nSPS) is 18.9. The highest BCUT2D eigenvalue weighted by molar-refractivity contribution is 5.91. The summed E-state index contributed by atoms with van der Waals surface area (Å²) in [5.74, 6) is 0.625. The molecule has 0 saturated heterocycles. The highest BCUT2D eigenvalue weighted by Gasteiger charge is 2.42. The zero-order chi connectivity index (χ0) is 32.4. The molecule has 2 atom stereocenters. The van der Waals surface area contributed by atoms with E-state index in [1.807, 2.05) is 0 Å². The second-order valence-corrected chi connectivity index (χ2v) is 10.8. The fourth-order valence-corrected chi connectivity index (χ4v) is 5.76. The van der Waals surface area contributed by atoms with Gasteiger partial charge in [-0.25, -0.2) is 9.59 Å². The predicted molar refractivity (Wildman–Crippen MR) is 147 cm³/mol. The molecule has 0 radical (unpaired) electrons. The number of amides is 2. The molecule has 44 heavy (non-hydrogen) atoms. The van der Waals surface area contributed by atoms with Crippen LogP contribution >= 0.6 is 0 Å². The summed E-state index contributed by atoms with van der Waals surface area (Å²) >= 11 is 0. The highest BCUT2D eigenvalue weighted by Crippen LogP contribution is 2.47. The lowest BCUT2D eigenvalue weighted by Crippen LogP contribution is -2.47. The molecule has 1 aliphatic heterocycles. The van der Waals surface area contributed by atoms with Crippen LogP contribution in [0.4, 0.5) is 41.6 Å². The van der Waals surface area contributed by atoms with Crippen molar-refractivity contribution in [3.8, 4) is 11.5 Å². The van der Waals surface area contributed by atoms with Crippen molar-refractivity contribution in [2.45, 2.75) is 83.0 Å². The van der Waals surface area contributed by atoms with Crippen molar-refractivity contribution in [3.63, 3.8) is 0 Å². The van der Waals surface area contributed by atoms with Crippen molar-refractivity contribution >= 4 is 17.9 Å². The summed E-state index contributed by atoms with van der Waals surface area (Å²) in [7, 11) is 2.46. The zero-order valence-electron chi connectivity index (χ0n) is 24.7. The number of ether oxygens (including phenoxy) is 4. The first kappa shape index (κ1) is 33.1. The topological polar surface area (TPSA) is 77.5 Å². The summed E-state index contributed by atoms with van der Waals surface area (Å²) in [4.78, 5) is 28.7. The maximum absolute atomic E-state index is 13.6. The number of methoxy groups -OCH3 is 2. The summed E-state index contributed by atoms with van der Waals surface area (Å²) in [6.45, 7) is 2.75. The number of hydrogen-bond acceptors (Lipinski definition) is 6. The molecule has 0 unspecified atom stereocenters. The minimum atomic E-state index is -5.07. The Labute approximate surface area is 250 Å². The third kappa shape index (κ3) is 7.10. The molecule has 242 valence electrons. The van der Waals surface area contributed by atoms with E-state index in [9.17, 15) is 35.9 Å². The average Bonchev–Trinajstić information content (AvgIpc) is 3.47. The number of alkyl halides is 6. The largest absolute Gasteiger partial charge is 0.493 e.